The van der Waals surface area contributed by atoms with E-state index in [1.54, 1.807) is 0 Å². The molecule has 4 rings (SSSR count). The second-order valence-electron chi connectivity index (χ2n) is 8.30. The number of amides is 1. The van der Waals surface area contributed by atoms with Crippen molar-refractivity contribution in [2.45, 2.75) is 77.3 Å². The maximum Gasteiger partial charge on any atom is 0.223 e. The van der Waals surface area contributed by atoms with Gasteiger partial charge in [0.2, 0.25) is 5.91 Å². The van der Waals surface area contributed by atoms with Gasteiger partial charge in [0, 0.05) is 25.2 Å². The molecule has 144 valence electrons. The van der Waals surface area contributed by atoms with E-state index in [1.807, 2.05) is 11.7 Å². The predicted molar refractivity (Wildman–Crippen MR) is 108 cm³/mol. The largest absolute Gasteiger partial charge is 0.334 e. The van der Waals surface area contributed by atoms with Gasteiger partial charge in [0.15, 0.2) is 0 Å². The molecule has 1 amide bonds. The summed E-state index contributed by atoms with van der Waals surface area (Å²) in [5, 5.41) is 4.78. The zero-order chi connectivity index (χ0) is 18.8. The molecule has 0 saturated heterocycles. The van der Waals surface area contributed by atoms with Crippen LogP contribution in [0.5, 0.6) is 0 Å². The number of hydrogen-bond donors (Lipinski definition) is 0. The van der Waals surface area contributed by atoms with Crippen molar-refractivity contribution < 1.29 is 4.79 Å². The first-order valence-corrected chi connectivity index (χ1v) is 10.5. The van der Waals surface area contributed by atoms with Crippen molar-refractivity contribution >= 4 is 5.91 Å². The van der Waals surface area contributed by atoms with Gasteiger partial charge in [-0.05, 0) is 56.6 Å². The van der Waals surface area contributed by atoms with Crippen LogP contribution in [0.1, 0.15) is 66.6 Å². The SMILES string of the molecule is Cc1cccc(CCC(=O)N(Cc2nn(C)c3c2CCC3)C2CCCC2)c1. The zero-order valence-corrected chi connectivity index (χ0v) is 16.7. The summed E-state index contributed by atoms with van der Waals surface area (Å²) in [6.45, 7) is 2.80. The van der Waals surface area contributed by atoms with Crippen LogP contribution in [-0.4, -0.2) is 26.6 Å². The molecule has 4 heteroatoms. The van der Waals surface area contributed by atoms with E-state index < -0.39 is 0 Å². The molecule has 1 aromatic carbocycles. The van der Waals surface area contributed by atoms with E-state index in [9.17, 15) is 4.79 Å². The van der Waals surface area contributed by atoms with Gasteiger partial charge >= 0.3 is 0 Å². The summed E-state index contributed by atoms with van der Waals surface area (Å²) in [6, 6.07) is 8.91. The fourth-order valence-corrected chi connectivity index (χ4v) is 4.89. The van der Waals surface area contributed by atoms with Crippen molar-refractivity contribution in [2.75, 3.05) is 0 Å². The van der Waals surface area contributed by atoms with Crippen molar-refractivity contribution in [3.8, 4) is 0 Å². The molecule has 2 aromatic rings. The van der Waals surface area contributed by atoms with Crippen LogP contribution in [0, 0.1) is 6.92 Å². The first kappa shape index (κ1) is 18.3. The highest BCUT2D eigenvalue weighted by molar-refractivity contribution is 5.77. The topological polar surface area (TPSA) is 38.1 Å². The second-order valence-corrected chi connectivity index (χ2v) is 8.30. The molecule has 0 N–H and O–H groups in total. The van der Waals surface area contributed by atoms with Gasteiger partial charge in [-0.25, -0.2) is 0 Å². The van der Waals surface area contributed by atoms with E-state index in [0.717, 1.165) is 37.8 Å². The average molecular weight is 366 g/mol. The van der Waals surface area contributed by atoms with E-state index in [0.29, 0.717) is 24.9 Å². The van der Waals surface area contributed by atoms with Crippen LogP contribution in [0.4, 0.5) is 0 Å². The first-order chi connectivity index (χ1) is 13.1. The Bertz CT molecular complexity index is 817. The fourth-order valence-electron chi connectivity index (χ4n) is 4.89. The Kier molecular flexibility index (Phi) is 5.33. The third kappa shape index (κ3) is 3.95. The van der Waals surface area contributed by atoms with Crippen LogP contribution in [0.15, 0.2) is 24.3 Å². The van der Waals surface area contributed by atoms with Crippen molar-refractivity contribution in [2.24, 2.45) is 7.05 Å². The van der Waals surface area contributed by atoms with Crippen LogP contribution in [-0.2, 0) is 37.6 Å². The monoisotopic (exact) mass is 365 g/mol. The van der Waals surface area contributed by atoms with Crippen molar-refractivity contribution in [3.63, 3.8) is 0 Å². The van der Waals surface area contributed by atoms with Gasteiger partial charge in [-0.2, -0.15) is 5.10 Å². The molecular formula is C23H31N3O. The fraction of sp³-hybridized carbons (Fsp3) is 0.565. The van der Waals surface area contributed by atoms with Crippen LogP contribution in [0.3, 0.4) is 0 Å². The van der Waals surface area contributed by atoms with Gasteiger partial charge in [-0.15, -0.1) is 0 Å². The Balaban J connectivity index is 1.49. The summed E-state index contributed by atoms with van der Waals surface area (Å²) in [5.41, 5.74) is 6.45. The van der Waals surface area contributed by atoms with E-state index in [-0.39, 0.29) is 0 Å². The standard InChI is InChI=1S/C23H31N3O/c1-17-7-5-8-18(15-17)13-14-23(27)26(19-9-3-4-10-19)16-21-20-11-6-12-22(20)25(2)24-21/h5,7-8,15,19H,3-4,6,9-14,16H2,1-2H3. The Hall–Kier alpha value is -2.10. The van der Waals surface area contributed by atoms with Crippen molar-refractivity contribution in [1.29, 1.82) is 0 Å². The lowest BCUT2D eigenvalue weighted by atomic mass is 10.1. The highest BCUT2D eigenvalue weighted by atomic mass is 16.2. The van der Waals surface area contributed by atoms with Gasteiger partial charge < -0.3 is 4.90 Å². The number of carbonyl (C=O) groups excluding carboxylic acids is 1. The number of fused-ring (bicyclic) bond motifs is 1. The number of aromatic nitrogens is 2. The Morgan fingerprint density at radius 2 is 2.04 bits per heavy atom. The number of rotatable bonds is 6. The number of carbonyl (C=O) groups is 1. The van der Waals surface area contributed by atoms with Crippen molar-refractivity contribution in [1.82, 2.24) is 14.7 Å². The quantitative estimate of drug-likeness (QED) is 0.772. The molecule has 1 aromatic heterocycles. The van der Waals surface area contributed by atoms with Crippen molar-refractivity contribution in [3.05, 3.63) is 52.3 Å². The molecule has 0 radical (unpaired) electrons. The van der Waals surface area contributed by atoms with Gasteiger partial charge in [0.05, 0.1) is 12.2 Å². The van der Waals surface area contributed by atoms with E-state index in [1.165, 1.54) is 41.6 Å². The highest BCUT2D eigenvalue weighted by Crippen LogP contribution is 2.29. The molecule has 1 saturated carbocycles. The number of nitrogens with zero attached hydrogens (tertiary/aromatic N) is 3. The Labute approximate surface area is 162 Å². The lowest BCUT2D eigenvalue weighted by Gasteiger charge is -2.29. The van der Waals surface area contributed by atoms with Crippen LogP contribution < -0.4 is 0 Å². The van der Waals surface area contributed by atoms with E-state index >= 15 is 0 Å². The molecule has 2 aliphatic carbocycles. The summed E-state index contributed by atoms with van der Waals surface area (Å²) in [7, 11) is 2.05. The average Bonchev–Trinajstić information content (AvgIpc) is 3.38. The molecule has 0 atom stereocenters. The summed E-state index contributed by atoms with van der Waals surface area (Å²) < 4.78 is 2.04. The predicted octanol–water partition coefficient (Wildman–Crippen LogP) is 4.12. The molecular weight excluding hydrogens is 334 g/mol. The molecule has 27 heavy (non-hydrogen) atoms. The zero-order valence-electron chi connectivity index (χ0n) is 16.7. The Morgan fingerprint density at radius 1 is 1.22 bits per heavy atom. The summed E-state index contributed by atoms with van der Waals surface area (Å²) in [4.78, 5) is 15.3. The molecule has 1 heterocycles. The minimum absolute atomic E-state index is 0.292. The first-order valence-electron chi connectivity index (χ1n) is 10.5. The molecule has 2 aliphatic rings. The second kappa shape index (κ2) is 7.87. The molecule has 0 bridgehead atoms. The molecule has 0 aliphatic heterocycles. The lowest BCUT2D eigenvalue weighted by Crippen LogP contribution is -2.38. The summed E-state index contributed by atoms with van der Waals surface area (Å²) in [5.74, 6) is 0.292. The maximum absolute atomic E-state index is 13.2. The highest BCUT2D eigenvalue weighted by Gasteiger charge is 2.29. The van der Waals surface area contributed by atoms with Gasteiger partial charge in [0.1, 0.15) is 0 Å². The third-order valence-electron chi connectivity index (χ3n) is 6.31. The van der Waals surface area contributed by atoms with Gasteiger partial charge in [0.25, 0.3) is 0 Å². The summed E-state index contributed by atoms with van der Waals surface area (Å²) in [6.07, 6.45) is 9.66. The van der Waals surface area contributed by atoms with Gasteiger partial charge in [-0.3, -0.25) is 9.48 Å². The third-order valence-corrected chi connectivity index (χ3v) is 6.31. The Morgan fingerprint density at radius 3 is 2.81 bits per heavy atom. The minimum Gasteiger partial charge on any atom is -0.334 e. The minimum atomic E-state index is 0.292. The number of benzene rings is 1. The number of aryl methyl sites for hydroxylation is 3. The maximum atomic E-state index is 13.2. The molecule has 4 nitrogen and oxygen atoms in total. The smallest absolute Gasteiger partial charge is 0.223 e. The van der Waals surface area contributed by atoms with Crippen LogP contribution >= 0.6 is 0 Å². The number of hydrogen-bond acceptors (Lipinski definition) is 2. The normalized spacial score (nSPS) is 16.7. The lowest BCUT2D eigenvalue weighted by molar-refractivity contribution is -0.134. The van der Waals surface area contributed by atoms with E-state index in [2.05, 4.69) is 36.1 Å². The summed E-state index contributed by atoms with van der Waals surface area (Å²) >= 11 is 0. The molecule has 1 fully saturated rings. The van der Waals surface area contributed by atoms with E-state index in [4.69, 9.17) is 5.10 Å². The van der Waals surface area contributed by atoms with Crippen LogP contribution in [0.25, 0.3) is 0 Å². The van der Waals surface area contributed by atoms with Gasteiger partial charge in [-0.1, -0.05) is 42.7 Å². The van der Waals surface area contributed by atoms with Crippen LogP contribution in [0.2, 0.25) is 0 Å². The molecule has 0 spiro atoms. The molecule has 0 unspecified atom stereocenters.